The lowest BCUT2D eigenvalue weighted by Gasteiger charge is -2.09. The smallest absolute Gasteiger partial charge is 0.341 e. The summed E-state index contributed by atoms with van der Waals surface area (Å²) in [7, 11) is 0. The highest BCUT2D eigenvalue weighted by atomic mass is 32.1. The first kappa shape index (κ1) is 24.9. The number of hydrogen-bond donors (Lipinski definition) is 1. The SMILES string of the molecule is CCOC(=O)c1c(NC(=O)COC(=O)c2ccc(OCc3noc(C)n3)cc2)sc(C)c1CC. The van der Waals surface area contributed by atoms with Crippen LogP contribution in [0, 0.1) is 13.8 Å². The standard InChI is InChI=1S/C23H25N3O7S/c1-5-17-13(3)34-21(20(17)23(29)30-6-2)25-19(27)12-32-22(28)15-7-9-16(10-8-15)31-11-18-24-14(4)33-26-18/h7-10H,5-6,11-12H2,1-4H3,(H,25,27). The van der Waals surface area contributed by atoms with Gasteiger partial charge in [-0.25, -0.2) is 9.59 Å². The molecular weight excluding hydrogens is 462 g/mol. The Hall–Kier alpha value is -3.73. The van der Waals surface area contributed by atoms with Crippen molar-refractivity contribution in [3.63, 3.8) is 0 Å². The van der Waals surface area contributed by atoms with E-state index in [-0.39, 0.29) is 18.8 Å². The Labute approximate surface area is 200 Å². The summed E-state index contributed by atoms with van der Waals surface area (Å²) in [6.07, 6.45) is 0.621. The van der Waals surface area contributed by atoms with Crippen molar-refractivity contribution >= 4 is 34.2 Å². The summed E-state index contributed by atoms with van der Waals surface area (Å²) in [5.41, 5.74) is 1.42. The lowest BCUT2D eigenvalue weighted by molar-refractivity contribution is -0.119. The molecule has 11 heteroatoms. The summed E-state index contributed by atoms with van der Waals surface area (Å²) in [5, 5.41) is 6.77. The zero-order valence-corrected chi connectivity index (χ0v) is 20.1. The highest BCUT2D eigenvalue weighted by Crippen LogP contribution is 2.34. The van der Waals surface area contributed by atoms with Crippen LogP contribution in [0.1, 0.15) is 56.7 Å². The van der Waals surface area contributed by atoms with E-state index in [1.165, 1.54) is 23.5 Å². The number of benzene rings is 1. The van der Waals surface area contributed by atoms with Crippen molar-refractivity contribution in [1.82, 2.24) is 10.1 Å². The molecule has 0 radical (unpaired) electrons. The van der Waals surface area contributed by atoms with Crippen LogP contribution < -0.4 is 10.1 Å². The van der Waals surface area contributed by atoms with Gasteiger partial charge in [-0.2, -0.15) is 4.98 Å². The summed E-state index contributed by atoms with van der Waals surface area (Å²) in [5.74, 6) is -0.366. The third-order valence-corrected chi connectivity index (χ3v) is 5.72. The summed E-state index contributed by atoms with van der Waals surface area (Å²) >= 11 is 1.28. The minimum absolute atomic E-state index is 0.122. The number of ether oxygens (including phenoxy) is 3. The van der Waals surface area contributed by atoms with E-state index in [0.29, 0.717) is 34.4 Å². The molecule has 0 saturated carbocycles. The maximum absolute atomic E-state index is 12.4. The van der Waals surface area contributed by atoms with Crippen LogP contribution in [0.2, 0.25) is 0 Å². The van der Waals surface area contributed by atoms with Crippen LogP contribution in [0.15, 0.2) is 28.8 Å². The van der Waals surface area contributed by atoms with Crippen molar-refractivity contribution in [2.45, 2.75) is 40.7 Å². The molecule has 0 aliphatic carbocycles. The van der Waals surface area contributed by atoms with Gasteiger partial charge in [0, 0.05) is 11.8 Å². The first-order valence-corrected chi connectivity index (χ1v) is 11.4. The molecule has 3 aromatic rings. The average molecular weight is 488 g/mol. The van der Waals surface area contributed by atoms with Crippen LogP contribution in [0.3, 0.4) is 0 Å². The summed E-state index contributed by atoms with van der Waals surface area (Å²) < 4.78 is 20.6. The first-order chi connectivity index (χ1) is 16.3. The molecule has 0 unspecified atom stereocenters. The molecule has 0 fully saturated rings. The largest absolute Gasteiger partial charge is 0.485 e. The lowest BCUT2D eigenvalue weighted by Crippen LogP contribution is -2.22. The molecule has 3 rings (SSSR count). The predicted molar refractivity (Wildman–Crippen MR) is 123 cm³/mol. The average Bonchev–Trinajstić information content (AvgIpc) is 3.38. The van der Waals surface area contributed by atoms with Gasteiger partial charge in [-0.05, 0) is 50.1 Å². The zero-order chi connectivity index (χ0) is 24.7. The molecule has 10 nitrogen and oxygen atoms in total. The van der Waals surface area contributed by atoms with Gasteiger partial charge in [-0.15, -0.1) is 11.3 Å². The van der Waals surface area contributed by atoms with Crippen molar-refractivity contribution in [3.8, 4) is 5.75 Å². The van der Waals surface area contributed by atoms with Gasteiger partial charge in [0.1, 0.15) is 10.8 Å². The van der Waals surface area contributed by atoms with E-state index < -0.39 is 24.5 Å². The van der Waals surface area contributed by atoms with Crippen molar-refractivity contribution in [1.29, 1.82) is 0 Å². The normalized spacial score (nSPS) is 10.6. The Morgan fingerprint density at radius 2 is 1.79 bits per heavy atom. The van der Waals surface area contributed by atoms with E-state index in [2.05, 4.69) is 15.5 Å². The maximum Gasteiger partial charge on any atom is 0.341 e. The van der Waals surface area contributed by atoms with Crippen molar-refractivity contribution in [2.24, 2.45) is 0 Å². The molecule has 1 N–H and O–H groups in total. The molecule has 0 spiro atoms. The minimum Gasteiger partial charge on any atom is -0.485 e. The van der Waals surface area contributed by atoms with Crippen molar-refractivity contribution < 1.29 is 33.1 Å². The Morgan fingerprint density at radius 3 is 2.41 bits per heavy atom. The number of anilines is 1. The van der Waals surface area contributed by atoms with Gasteiger partial charge in [0.25, 0.3) is 5.91 Å². The van der Waals surface area contributed by atoms with Crippen molar-refractivity contribution in [2.75, 3.05) is 18.5 Å². The van der Waals surface area contributed by atoms with E-state index in [1.807, 2.05) is 13.8 Å². The monoisotopic (exact) mass is 487 g/mol. The molecule has 0 saturated heterocycles. The predicted octanol–water partition coefficient (Wildman–Crippen LogP) is 3.86. The summed E-state index contributed by atoms with van der Waals surface area (Å²) in [4.78, 5) is 42.0. The molecule has 2 heterocycles. The van der Waals surface area contributed by atoms with Gasteiger partial charge in [0.05, 0.1) is 17.7 Å². The van der Waals surface area contributed by atoms with Gasteiger partial charge in [-0.3, -0.25) is 4.79 Å². The molecular formula is C23H25N3O7S. The highest BCUT2D eigenvalue weighted by Gasteiger charge is 2.23. The van der Waals surface area contributed by atoms with Crippen LogP contribution in [0.5, 0.6) is 5.75 Å². The van der Waals surface area contributed by atoms with E-state index >= 15 is 0 Å². The topological polar surface area (TPSA) is 130 Å². The number of thiophene rings is 1. The molecule has 0 atom stereocenters. The van der Waals surface area contributed by atoms with E-state index in [4.69, 9.17) is 18.7 Å². The molecule has 1 amide bonds. The zero-order valence-electron chi connectivity index (χ0n) is 19.3. The number of carbonyl (C=O) groups excluding carboxylic acids is 3. The third kappa shape index (κ3) is 6.19. The minimum atomic E-state index is -0.669. The first-order valence-electron chi connectivity index (χ1n) is 10.6. The number of nitrogens with one attached hydrogen (secondary N) is 1. The second kappa shape index (κ2) is 11.4. The molecule has 0 aliphatic heterocycles. The molecule has 2 aromatic heterocycles. The van der Waals surface area contributed by atoms with E-state index in [0.717, 1.165) is 10.4 Å². The van der Waals surface area contributed by atoms with Crippen LogP contribution in [0.25, 0.3) is 0 Å². The van der Waals surface area contributed by atoms with Crippen molar-refractivity contribution in [3.05, 3.63) is 57.5 Å². The number of carbonyl (C=O) groups is 3. The Balaban J connectivity index is 1.55. The molecule has 34 heavy (non-hydrogen) atoms. The van der Waals surface area contributed by atoms with Crippen LogP contribution in [-0.2, 0) is 27.3 Å². The van der Waals surface area contributed by atoms with Crippen LogP contribution in [-0.4, -0.2) is 41.2 Å². The fourth-order valence-electron chi connectivity index (χ4n) is 3.12. The highest BCUT2D eigenvalue weighted by molar-refractivity contribution is 7.16. The van der Waals surface area contributed by atoms with Crippen LogP contribution in [0.4, 0.5) is 5.00 Å². The second-order valence-corrected chi connectivity index (χ2v) is 8.31. The quantitative estimate of drug-likeness (QED) is 0.424. The Morgan fingerprint density at radius 1 is 1.06 bits per heavy atom. The molecule has 0 bridgehead atoms. The van der Waals surface area contributed by atoms with Gasteiger partial charge in [-0.1, -0.05) is 12.1 Å². The number of aromatic nitrogens is 2. The Bertz CT molecular complexity index is 1170. The fourth-order valence-corrected chi connectivity index (χ4v) is 4.27. The number of rotatable bonds is 10. The van der Waals surface area contributed by atoms with E-state index in [1.54, 1.807) is 26.0 Å². The van der Waals surface area contributed by atoms with Gasteiger partial charge >= 0.3 is 11.9 Å². The maximum atomic E-state index is 12.4. The number of hydrogen-bond acceptors (Lipinski definition) is 10. The third-order valence-electron chi connectivity index (χ3n) is 4.66. The second-order valence-electron chi connectivity index (χ2n) is 7.08. The molecule has 180 valence electrons. The number of aryl methyl sites for hydroxylation is 2. The summed E-state index contributed by atoms with van der Waals surface area (Å²) in [6, 6.07) is 6.23. The van der Waals surface area contributed by atoms with E-state index in [9.17, 15) is 14.4 Å². The fraction of sp³-hybridized carbons (Fsp3) is 0.348. The number of amides is 1. The van der Waals surface area contributed by atoms with Crippen LogP contribution >= 0.6 is 11.3 Å². The number of esters is 2. The molecule has 1 aromatic carbocycles. The lowest BCUT2D eigenvalue weighted by atomic mass is 10.1. The van der Waals surface area contributed by atoms with Gasteiger partial charge < -0.3 is 24.1 Å². The van der Waals surface area contributed by atoms with Gasteiger partial charge in [0.2, 0.25) is 11.7 Å². The van der Waals surface area contributed by atoms with Gasteiger partial charge in [0.15, 0.2) is 13.2 Å². The summed E-state index contributed by atoms with van der Waals surface area (Å²) in [6.45, 7) is 7.04. The Kier molecular flexibility index (Phi) is 8.36. The number of nitrogens with zero attached hydrogens (tertiary/aromatic N) is 2. The molecule has 0 aliphatic rings.